The van der Waals surface area contributed by atoms with Gasteiger partial charge < -0.3 is 4.74 Å². The van der Waals surface area contributed by atoms with Crippen molar-refractivity contribution >= 4 is 5.97 Å². The van der Waals surface area contributed by atoms with Crippen LogP contribution in [0.3, 0.4) is 0 Å². The lowest BCUT2D eigenvalue weighted by Crippen LogP contribution is -2.52. The summed E-state index contributed by atoms with van der Waals surface area (Å²) in [4.78, 5) is 13.6. The Morgan fingerprint density at radius 3 is 2.81 bits per heavy atom. The van der Waals surface area contributed by atoms with Crippen molar-refractivity contribution in [3.05, 3.63) is 0 Å². The van der Waals surface area contributed by atoms with Crippen molar-refractivity contribution in [1.82, 2.24) is 4.90 Å². The van der Waals surface area contributed by atoms with Crippen LogP contribution in [0.4, 0.5) is 0 Å². The summed E-state index contributed by atoms with van der Waals surface area (Å²) >= 11 is 0. The Morgan fingerprint density at radius 1 is 1.56 bits per heavy atom. The summed E-state index contributed by atoms with van der Waals surface area (Å²) in [6, 6.07) is 0.229. The zero-order valence-corrected chi connectivity index (χ0v) is 10.5. The summed E-state index contributed by atoms with van der Waals surface area (Å²) in [6.45, 7) is 5.03. The molecule has 90 valence electrons. The minimum atomic E-state index is -0.279. The van der Waals surface area contributed by atoms with E-state index in [1.165, 1.54) is 13.5 Å². The molecule has 0 aliphatic carbocycles. The fraction of sp³-hybridized carbons (Fsp3) is 0.769. The highest BCUT2D eigenvalue weighted by Gasteiger charge is 2.34. The molecule has 1 aliphatic heterocycles. The van der Waals surface area contributed by atoms with Crippen LogP contribution in [0.25, 0.3) is 0 Å². The van der Waals surface area contributed by atoms with Gasteiger partial charge in [-0.3, -0.25) is 9.69 Å². The molecule has 0 spiro atoms. The molecule has 1 atom stereocenters. The lowest BCUT2D eigenvalue weighted by molar-refractivity contribution is -0.142. The molecule has 1 saturated heterocycles. The molecule has 1 fully saturated rings. The van der Waals surface area contributed by atoms with Crippen molar-refractivity contribution < 1.29 is 9.53 Å². The molecule has 0 bridgehead atoms. The number of ether oxygens (including phenoxy) is 1. The van der Waals surface area contributed by atoms with Crippen LogP contribution in [-0.4, -0.2) is 36.1 Å². The predicted molar refractivity (Wildman–Crippen MR) is 63.9 cm³/mol. The van der Waals surface area contributed by atoms with E-state index in [2.05, 4.69) is 10.8 Å². The standard InChI is InChI=1S/C13H21NO2/c1-5-13(2,3)14-9-7-6-8-11(14)10-12(15)16-4/h1,11H,6-10H2,2-4H3. The number of rotatable bonds is 3. The zero-order chi connectivity index (χ0) is 12.2. The Labute approximate surface area is 98.1 Å². The number of hydrogen-bond acceptors (Lipinski definition) is 3. The molecule has 16 heavy (non-hydrogen) atoms. The van der Waals surface area contributed by atoms with E-state index in [-0.39, 0.29) is 17.6 Å². The number of carbonyl (C=O) groups excluding carboxylic acids is 1. The van der Waals surface area contributed by atoms with Crippen LogP contribution in [-0.2, 0) is 9.53 Å². The molecule has 0 radical (unpaired) electrons. The average Bonchev–Trinajstić information content (AvgIpc) is 2.29. The quantitative estimate of drug-likeness (QED) is 0.540. The number of piperidine rings is 1. The molecule has 3 heteroatoms. The monoisotopic (exact) mass is 223 g/mol. The van der Waals surface area contributed by atoms with Gasteiger partial charge in [0.2, 0.25) is 0 Å². The van der Waals surface area contributed by atoms with Gasteiger partial charge in [-0.2, -0.15) is 0 Å². The van der Waals surface area contributed by atoms with Crippen molar-refractivity contribution in [3.63, 3.8) is 0 Å². The third kappa shape index (κ3) is 2.99. The van der Waals surface area contributed by atoms with Gasteiger partial charge in [-0.15, -0.1) is 6.42 Å². The molecule has 0 saturated carbocycles. The third-order valence-electron chi connectivity index (χ3n) is 3.33. The first-order valence-electron chi connectivity index (χ1n) is 5.82. The minimum Gasteiger partial charge on any atom is -0.469 e. The van der Waals surface area contributed by atoms with Crippen molar-refractivity contribution in [1.29, 1.82) is 0 Å². The Balaban J connectivity index is 2.72. The topological polar surface area (TPSA) is 29.5 Å². The van der Waals surface area contributed by atoms with E-state index in [0.29, 0.717) is 6.42 Å². The van der Waals surface area contributed by atoms with Crippen molar-refractivity contribution in [2.24, 2.45) is 0 Å². The zero-order valence-electron chi connectivity index (χ0n) is 10.5. The molecule has 0 aromatic rings. The molecule has 1 unspecified atom stereocenters. The van der Waals surface area contributed by atoms with Crippen molar-refractivity contribution in [3.8, 4) is 12.3 Å². The van der Waals surface area contributed by atoms with Crippen LogP contribution in [0.5, 0.6) is 0 Å². The SMILES string of the molecule is C#CC(C)(C)N1CCCCC1CC(=O)OC. The maximum absolute atomic E-state index is 11.3. The van der Waals surface area contributed by atoms with Crippen LogP contribution in [0, 0.1) is 12.3 Å². The van der Waals surface area contributed by atoms with Crippen LogP contribution in [0.15, 0.2) is 0 Å². The normalized spacial score (nSPS) is 22.5. The first kappa shape index (κ1) is 13.1. The molecule has 1 rings (SSSR count). The molecular formula is C13H21NO2. The van der Waals surface area contributed by atoms with Gasteiger partial charge >= 0.3 is 5.97 Å². The van der Waals surface area contributed by atoms with Gasteiger partial charge in [-0.05, 0) is 33.2 Å². The molecule has 0 N–H and O–H groups in total. The van der Waals surface area contributed by atoms with Gasteiger partial charge in [0.1, 0.15) is 0 Å². The Hall–Kier alpha value is -1.01. The van der Waals surface area contributed by atoms with Gasteiger partial charge in [-0.1, -0.05) is 12.3 Å². The predicted octanol–water partition coefficient (Wildman–Crippen LogP) is 1.82. The summed E-state index contributed by atoms with van der Waals surface area (Å²) in [7, 11) is 1.43. The molecule has 3 nitrogen and oxygen atoms in total. The largest absolute Gasteiger partial charge is 0.469 e. The fourth-order valence-electron chi connectivity index (χ4n) is 2.31. The van der Waals surface area contributed by atoms with Gasteiger partial charge in [0.05, 0.1) is 19.1 Å². The van der Waals surface area contributed by atoms with Gasteiger partial charge in [0.15, 0.2) is 0 Å². The van der Waals surface area contributed by atoms with Crippen molar-refractivity contribution in [2.75, 3.05) is 13.7 Å². The first-order chi connectivity index (χ1) is 7.51. The summed E-state index contributed by atoms with van der Waals surface area (Å²) in [5.41, 5.74) is -0.279. The van der Waals surface area contributed by atoms with E-state index in [1.54, 1.807) is 0 Å². The molecule has 1 aliphatic rings. The maximum Gasteiger partial charge on any atom is 0.307 e. The average molecular weight is 223 g/mol. The second-order valence-corrected chi connectivity index (χ2v) is 4.83. The number of terminal acetylenes is 1. The van der Waals surface area contributed by atoms with Crippen LogP contribution < -0.4 is 0 Å². The molecule has 0 aromatic carbocycles. The first-order valence-corrected chi connectivity index (χ1v) is 5.82. The lowest BCUT2D eigenvalue weighted by atomic mass is 9.92. The fourth-order valence-corrected chi connectivity index (χ4v) is 2.31. The Bertz CT molecular complexity index is 291. The van der Waals surface area contributed by atoms with Crippen LogP contribution >= 0.6 is 0 Å². The smallest absolute Gasteiger partial charge is 0.307 e. The van der Waals surface area contributed by atoms with E-state index < -0.39 is 0 Å². The molecule has 0 aromatic heterocycles. The summed E-state index contributed by atoms with van der Waals surface area (Å²) in [6.07, 6.45) is 9.35. The highest BCUT2D eigenvalue weighted by Crippen LogP contribution is 2.27. The van der Waals surface area contributed by atoms with Gasteiger partial charge in [0, 0.05) is 6.04 Å². The third-order valence-corrected chi connectivity index (χ3v) is 3.33. The van der Waals surface area contributed by atoms with E-state index in [1.807, 2.05) is 13.8 Å². The minimum absolute atomic E-state index is 0.148. The molecule has 0 amide bonds. The van der Waals surface area contributed by atoms with Crippen molar-refractivity contribution in [2.45, 2.75) is 51.1 Å². The number of likely N-dealkylation sites (tertiary alicyclic amines) is 1. The van der Waals surface area contributed by atoms with E-state index in [9.17, 15) is 4.79 Å². The second-order valence-electron chi connectivity index (χ2n) is 4.83. The second kappa shape index (κ2) is 5.36. The van der Waals surface area contributed by atoms with Gasteiger partial charge in [0.25, 0.3) is 0 Å². The number of nitrogens with zero attached hydrogens (tertiary/aromatic N) is 1. The van der Waals surface area contributed by atoms with Crippen LogP contribution in [0.2, 0.25) is 0 Å². The highest BCUT2D eigenvalue weighted by atomic mass is 16.5. The summed E-state index contributed by atoms with van der Waals surface area (Å²) in [5.74, 6) is 2.66. The number of esters is 1. The lowest BCUT2D eigenvalue weighted by Gasteiger charge is -2.43. The van der Waals surface area contributed by atoms with E-state index in [4.69, 9.17) is 11.2 Å². The summed E-state index contributed by atoms with van der Waals surface area (Å²) in [5, 5.41) is 0. The Morgan fingerprint density at radius 2 is 2.25 bits per heavy atom. The van der Waals surface area contributed by atoms with Crippen LogP contribution in [0.1, 0.15) is 39.5 Å². The molecule has 1 heterocycles. The highest BCUT2D eigenvalue weighted by molar-refractivity contribution is 5.69. The van der Waals surface area contributed by atoms with E-state index >= 15 is 0 Å². The maximum atomic E-state index is 11.3. The van der Waals surface area contributed by atoms with Gasteiger partial charge in [-0.25, -0.2) is 0 Å². The Kier molecular flexibility index (Phi) is 4.37. The number of hydrogen-bond donors (Lipinski definition) is 0. The molecular weight excluding hydrogens is 202 g/mol. The van der Waals surface area contributed by atoms with E-state index in [0.717, 1.165) is 19.4 Å². The number of carbonyl (C=O) groups is 1. The summed E-state index contributed by atoms with van der Waals surface area (Å²) < 4.78 is 4.73. The number of methoxy groups -OCH3 is 1.